The van der Waals surface area contributed by atoms with Crippen molar-refractivity contribution in [2.24, 2.45) is 5.92 Å². The molecule has 1 saturated heterocycles. The number of hydrogen-bond acceptors (Lipinski definition) is 4. The Hall–Kier alpha value is -0.160. The molecule has 18 heavy (non-hydrogen) atoms. The first kappa shape index (κ1) is 15.9. The third-order valence-corrected chi connectivity index (χ3v) is 3.98. The van der Waals surface area contributed by atoms with Crippen molar-refractivity contribution in [3.05, 3.63) is 0 Å². The van der Waals surface area contributed by atoms with Gasteiger partial charge in [-0.05, 0) is 45.2 Å². The van der Waals surface area contributed by atoms with E-state index in [-0.39, 0.29) is 12.1 Å². The van der Waals surface area contributed by atoms with Crippen molar-refractivity contribution < 1.29 is 9.84 Å². The lowest BCUT2D eigenvalue weighted by Gasteiger charge is -2.33. The molecule has 4 heteroatoms. The van der Waals surface area contributed by atoms with E-state index in [0.29, 0.717) is 6.61 Å². The average Bonchev–Trinajstić information content (AvgIpc) is 2.32. The van der Waals surface area contributed by atoms with Crippen LogP contribution in [0.25, 0.3) is 0 Å². The second-order valence-electron chi connectivity index (χ2n) is 5.92. The minimum atomic E-state index is -0.105. The lowest BCUT2D eigenvalue weighted by Crippen LogP contribution is -2.50. The first-order chi connectivity index (χ1) is 8.59. The van der Waals surface area contributed by atoms with Crippen molar-refractivity contribution in [2.75, 3.05) is 46.5 Å². The van der Waals surface area contributed by atoms with Gasteiger partial charge in [-0.1, -0.05) is 6.92 Å². The Morgan fingerprint density at radius 2 is 2.06 bits per heavy atom. The fourth-order valence-electron chi connectivity index (χ4n) is 2.58. The Bertz CT molecular complexity index is 210. The maximum atomic E-state index is 9.10. The van der Waals surface area contributed by atoms with Crippen LogP contribution in [-0.4, -0.2) is 62.0 Å². The highest BCUT2D eigenvalue weighted by Gasteiger charge is 2.23. The number of aliphatic hydroxyl groups excluding tert-OH is 1. The zero-order valence-corrected chi connectivity index (χ0v) is 12.2. The van der Waals surface area contributed by atoms with Gasteiger partial charge in [-0.2, -0.15) is 0 Å². The predicted octanol–water partition coefficient (Wildman–Crippen LogP) is 1.10. The SMILES string of the molecule is COCC(C)(CCO)NCCN1CCC(C)CC1. The highest BCUT2D eigenvalue weighted by Crippen LogP contribution is 2.15. The van der Waals surface area contributed by atoms with Crippen molar-refractivity contribution in [3.8, 4) is 0 Å². The molecule has 1 aliphatic heterocycles. The van der Waals surface area contributed by atoms with Crippen molar-refractivity contribution >= 4 is 0 Å². The normalized spacial score (nSPS) is 22.0. The third kappa shape index (κ3) is 5.65. The molecular formula is C14H30N2O2. The summed E-state index contributed by atoms with van der Waals surface area (Å²) in [6.07, 6.45) is 3.38. The molecule has 0 aromatic rings. The van der Waals surface area contributed by atoms with Gasteiger partial charge in [0.1, 0.15) is 0 Å². The Kier molecular flexibility index (Phi) is 7.15. The van der Waals surface area contributed by atoms with Crippen molar-refractivity contribution in [1.82, 2.24) is 10.2 Å². The van der Waals surface area contributed by atoms with Crippen LogP contribution in [0.4, 0.5) is 0 Å². The summed E-state index contributed by atoms with van der Waals surface area (Å²) in [5, 5.41) is 12.6. The first-order valence-electron chi connectivity index (χ1n) is 7.17. The molecule has 0 aromatic heterocycles. The molecule has 1 atom stereocenters. The molecule has 0 spiro atoms. The molecule has 0 aliphatic carbocycles. The summed E-state index contributed by atoms with van der Waals surface area (Å²) in [4.78, 5) is 2.53. The molecule has 1 heterocycles. The van der Waals surface area contributed by atoms with E-state index in [4.69, 9.17) is 9.84 Å². The fraction of sp³-hybridized carbons (Fsp3) is 1.00. The number of ether oxygens (including phenoxy) is 1. The van der Waals surface area contributed by atoms with Crippen LogP contribution in [0, 0.1) is 5.92 Å². The monoisotopic (exact) mass is 258 g/mol. The summed E-state index contributed by atoms with van der Waals surface area (Å²) in [5.74, 6) is 0.891. The molecule has 0 amide bonds. The summed E-state index contributed by atoms with van der Waals surface area (Å²) in [5.41, 5.74) is -0.105. The quantitative estimate of drug-likeness (QED) is 0.684. The molecule has 2 N–H and O–H groups in total. The maximum Gasteiger partial charge on any atom is 0.0642 e. The van der Waals surface area contributed by atoms with E-state index < -0.39 is 0 Å². The van der Waals surface area contributed by atoms with Crippen LogP contribution in [0.3, 0.4) is 0 Å². The van der Waals surface area contributed by atoms with Crippen LogP contribution in [0.15, 0.2) is 0 Å². The third-order valence-electron chi connectivity index (χ3n) is 3.98. The molecule has 0 aromatic carbocycles. The van der Waals surface area contributed by atoms with E-state index in [0.717, 1.165) is 25.4 Å². The predicted molar refractivity (Wildman–Crippen MR) is 74.8 cm³/mol. The van der Waals surface area contributed by atoms with Gasteiger partial charge in [-0.25, -0.2) is 0 Å². The van der Waals surface area contributed by atoms with E-state index in [1.807, 2.05) is 0 Å². The van der Waals surface area contributed by atoms with Crippen molar-refractivity contribution in [1.29, 1.82) is 0 Å². The van der Waals surface area contributed by atoms with Crippen molar-refractivity contribution in [3.63, 3.8) is 0 Å². The van der Waals surface area contributed by atoms with Crippen LogP contribution < -0.4 is 5.32 Å². The van der Waals surface area contributed by atoms with Crippen molar-refractivity contribution in [2.45, 2.75) is 38.6 Å². The van der Waals surface area contributed by atoms with E-state index in [1.54, 1.807) is 7.11 Å². The topological polar surface area (TPSA) is 44.7 Å². The highest BCUT2D eigenvalue weighted by molar-refractivity contribution is 4.83. The Morgan fingerprint density at radius 1 is 1.39 bits per heavy atom. The van der Waals surface area contributed by atoms with E-state index in [2.05, 4.69) is 24.1 Å². The molecule has 0 bridgehead atoms. The largest absolute Gasteiger partial charge is 0.396 e. The van der Waals surface area contributed by atoms with Crippen LogP contribution in [0.2, 0.25) is 0 Å². The van der Waals surface area contributed by atoms with E-state index in [9.17, 15) is 0 Å². The molecule has 108 valence electrons. The molecule has 1 rings (SSSR count). The van der Waals surface area contributed by atoms with Gasteiger partial charge >= 0.3 is 0 Å². The molecule has 1 fully saturated rings. The van der Waals surface area contributed by atoms with Gasteiger partial charge in [0.15, 0.2) is 0 Å². The number of piperidine rings is 1. The molecular weight excluding hydrogens is 228 g/mol. The summed E-state index contributed by atoms with van der Waals surface area (Å²) >= 11 is 0. The van der Waals surface area contributed by atoms with Gasteiger partial charge in [-0.15, -0.1) is 0 Å². The molecule has 0 radical (unpaired) electrons. The second kappa shape index (κ2) is 8.10. The summed E-state index contributed by atoms with van der Waals surface area (Å²) < 4.78 is 5.23. The molecule has 4 nitrogen and oxygen atoms in total. The van der Waals surface area contributed by atoms with Crippen LogP contribution in [0.1, 0.15) is 33.1 Å². The summed E-state index contributed by atoms with van der Waals surface area (Å²) in [7, 11) is 1.71. The lowest BCUT2D eigenvalue weighted by molar-refractivity contribution is 0.0938. The van der Waals surface area contributed by atoms with Crippen LogP contribution >= 0.6 is 0 Å². The second-order valence-corrected chi connectivity index (χ2v) is 5.92. The number of hydrogen-bond donors (Lipinski definition) is 2. The summed E-state index contributed by atoms with van der Waals surface area (Å²) in [6.45, 7) is 9.82. The maximum absolute atomic E-state index is 9.10. The zero-order valence-electron chi connectivity index (χ0n) is 12.2. The van der Waals surface area contributed by atoms with Gasteiger partial charge in [0.25, 0.3) is 0 Å². The Balaban J connectivity index is 2.21. The van der Waals surface area contributed by atoms with E-state index in [1.165, 1.54) is 25.9 Å². The molecule has 0 saturated carbocycles. The van der Waals surface area contributed by atoms with Crippen LogP contribution in [-0.2, 0) is 4.74 Å². The minimum Gasteiger partial charge on any atom is -0.396 e. The number of nitrogens with one attached hydrogen (secondary N) is 1. The number of likely N-dealkylation sites (tertiary alicyclic amines) is 1. The van der Waals surface area contributed by atoms with Gasteiger partial charge in [0.2, 0.25) is 0 Å². The Morgan fingerprint density at radius 3 is 2.61 bits per heavy atom. The lowest BCUT2D eigenvalue weighted by atomic mass is 9.98. The van der Waals surface area contributed by atoms with Gasteiger partial charge in [-0.3, -0.25) is 0 Å². The standard InChI is InChI=1S/C14H30N2O2/c1-13-4-8-16(9-5-13)10-7-15-14(2,6-11-17)12-18-3/h13,15,17H,4-12H2,1-3H3. The fourth-order valence-corrected chi connectivity index (χ4v) is 2.58. The number of nitrogens with zero attached hydrogens (tertiary/aromatic N) is 1. The van der Waals surface area contributed by atoms with Crippen LogP contribution in [0.5, 0.6) is 0 Å². The average molecular weight is 258 g/mol. The number of rotatable bonds is 8. The number of aliphatic hydroxyl groups is 1. The molecule has 1 aliphatic rings. The number of methoxy groups -OCH3 is 1. The highest BCUT2D eigenvalue weighted by atomic mass is 16.5. The van der Waals surface area contributed by atoms with E-state index >= 15 is 0 Å². The smallest absolute Gasteiger partial charge is 0.0642 e. The van der Waals surface area contributed by atoms with Gasteiger partial charge in [0, 0.05) is 32.3 Å². The zero-order chi connectivity index (χ0) is 13.4. The van der Waals surface area contributed by atoms with Gasteiger partial charge < -0.3 is 20.1 Å². The summed E-state index contributed by atoms with van der Waals surface area (Å²) in [6, 6.07) is 0. The van der Waals surface area contributed by atoms with Gasteiger partial charge in [0.05, 0.1) is 6.61 Å². The minimum absolute atomic E-state index is 0.105. The Labute approximate surface area is 112 Å². The molecule has 1 unspecified atom stereocenters. The first-order valence-corrected chi connectivity index (χ1v) is 7.17.